The zero-order valence-electron chi connectivity index (χ0n) is 11.8. The Kier molecular flexibility index (Phi) is 3.90. The summed E-state index contributed by atoms with van der Waals surface area (Å²) in [6.45, 7) is 6.22. The molecule has 0 radical (unpaired) electrons. The molecule has 0 aliphatic heterocycles. The van der Waals surface area contributed by atoms with Crippen LogP contribution in [0.3, 0.4) is 0 Å². The lowest BCUT2D eigenvalue weighted by Crippen LogP contribution is -2.43. The number of hydrogen-bond acceptors (Lipinski definition) is 2. The topological polar surface area (TPSA) is 54.9 Å². The smallest absolute Gasteiger partial charge is 0.297 e. The van der Waals surface area contributed by atoms with E-state index in [4.69, 9.17) is 11.6 Å². The lowest BCUT2D eigenvalue weighted by molar-refractivity contribution is 0.248. The molecule has 1 unspecified atom stereocenters. The highest BCUT2D eigenvalue weighted by Crippen LogP contribution is 2.44. The Hall–Kier alpha value is -1.03. The van der Waals surface area contributed by atoms with Crippen LogP contribution in [0.2, 0.25) is 5.15 Å². The molecule has 1 aliphatic rings. The first-order valence-electron chi connectivity index (χ1n) is 6.91. The fourth-order valence-corrected chi connectivity index (χ4v) is 3.35. The van der Waals surface area contributed by atoms with Crippen molar-refractivity contribution in [2.75, 3.05) is 0 Å². The summed E-state index contributed by atoms with van der Waals surface area (Å²) < 4.78 is 1.39. The molecular formula is C14H21ClN2O2. The second-order valence-corrected chi connectivity index (χ2v) is 6.42. The maximum atomic E-state index is 12.5. The first-order valence-corrected chi connectivity index (χ1v) is 7.29. The number of rotatable bonds is 3. The lowest BCUT2D eigenvalue weighted by atomic mass is 9.87. The SMILES string of the molecule is CCCc1c(Cl)[nH]c(=O)n(C2CCCC2(C)C)c1=O. The Bertz CT molecular complexity index is 586. The van der Waals surface area contributed by atoms with E-state index in [1.54, 1.807) is 0 Å². The van der Waals surface area contributed by atoms with Crippen LogP contribution in [0.1, 0.15) is 58.1 Å². The highest BCUT2D eigenvalue weighted by atomic mass is 35.5. The molecule has 0 saturated heterocycles. The number of halogens is 1. The third kappa shape index (κ3) is 2.50. The molecule has 1 aromatic rings. The molecule has 4 nitrogen and oxygen atoms in total. The molecule has 1 atom stereocenters. The van der Waals surface area contributed by atoms with Crippen molar-refractivity contribution in [3.8, 4) is 0 Å². The van der Waals surface area contributed by atoms with Crippen LogP contribution in [0.15, 0.2) is 9.59 Å². The second-order valence-electron chi connectivity index (χ2n) is 6.04. The van der Waals surface area contributed by atoms with Gasteiger partial charge in [0.25, 0.3) is 5.56 Å². The van der Waals surface area contributed by atoms with E-state index < -0.39 is 0 Å². The van der Waals surface area contributed by atoms with Gasteiger partial charge in [-0.2, -0.15) is 0 Å². The summed E-state index contributed by atoms with van der Waals surface area (Å²) in [6, 6.07) is -0.0309. The average molecular weight is 285 g/mol. The van der Waals surface area contributed by atoms with E-state index in [-0.39, 0.29) is 27.9 Å². The van der Waals surface area contributed by atoms with E-state index in [2.05, 4.69) is 18.8 Å². The summed E-state index contributed by atoms with van der Waals surface area (Å²) in [6.07, 6.45) is 4.39. The van der Waals surface area contributed by atoms with Gasteiger partial charge in [0.2, 0.25) is 0 Å². The van der Waals surface area contributed by atoms with E-state index in [1.807, 2.05) is 6.92 Å². The van der Waals surface area contributed by atoms with E-state index in [9.17, 15) is 9.59 Å². The average Bonchev–Trinajstić information content (AvgIpc) is 2.64. The Morgan fingerprint density at radius 3 is 2.63 bits per heavy atom. The Morgan fingerprint density at radius 1 is 1.42 bits per heavy atom. The Morgan fingerprint density at radius 2 is 2.11 bits per heavy atom. The normalized spacial score (nSPS) is 21.8. The van der Waals surface area contributed by atoms with E-state index in [0.717, 1.165) is 25.7 Å². The Balaban J connectivity index is 2.61. The number of nitrogens with zero attached hydrogens (tertiary/aromatic N) is 1. The molecular weight excluding hydrogens is 264 g/mol. The highest BCUT2D eigenvalue weighted by Gasteiger charge is 2.37. The number of nitrogens with one attached hydrogen (secondary N) is 1. The number of aromatic amines is 1. The molecule has 0 amide bonds. The summed E-state index contributed by atoms with van der Waals surface area (Å²) in [7, 11) is 0. The monoisotopic (exact) mass is 284 g/mol. The van der Waals surface area contributed by atoms with Crippen LogP contribution in [0.5, 0.6) is 0 Å². The third-order valence-corrected chi connectivity index (χ3v) is 4.51. The summed E-state index contributed by atoms with van der Waals surface area (Å²) in [5.41, 5.74) is -0.0782. The van der Waals surface area contributed by atoms with Crippen LogP contribution in [0.4, 0.5) is 0 Å². The molecule has 1 fully saturated rings. The minimum Gasteiger partial charge on any atom is -0.297 e. The molecule has 1 aliphatic carbocycles. The minimum atomic E-state index is -0.380. The molecule has 1 N–H and O–H groups in total. The maximum Gasteiger partial charge on any atom is 0.329 e. The molecule has 19 heavy (non-hydrogen) atoms. The van der Waals surface area contributed by atoms with Gasteiger partial charge in [-0.3, -0.25) is 14.3 Å². The van der Waals surface area contributed by atoms with Gasteiger partial charge in [-0.15, -0.1) is 0 Å². The van der Waals surface area contributed by atoms with Gasteiger partial charge < -0.3 is 0 Å². The summed E-state index contributed by atoms with van der Waals surface area (Å²) in [4.78, 5) is 27.3. The molecule has 1 saturated carbocycles. The number of aromatic nitrogens is 2. The molecule has 0 aromatic carbocycles. The van der Waals surface area contributed by atoms with E-state index in [0.29, 0.717) is 12.0 Å². The van der Waals surface area contributed by atoms with Crippen molar-refractivity contribution in [1.29, 1.82) is 0 Å². The van der Waals surface area contributed by atoms with Crippen molar-refractivity contribution in [2.45, 2.75) is 58.9 Å². The van der Waals surface area contributed by atoms with Crippen LogP contribution >= 0.6 is 11.6 Å². The predicted octanol–water partition coefficient (Wildman–Crippen LogP) is 2.89. The van der Waals surface area contributed by atoms with Crippen LogP contribution in [0.25, 0.3) is 0 Å². The summed E-state index contributed by atoms with van der Waals surface area (Å²) >= 11 is 5.99. The molecule has 0 bridgehead atoms. The zero-order valence-corrected chi connectivity index (χ0v) is 12.5. The van der Waals surface area contributed by atoms with Gasteiger partial charge in [0, 0.05) is 6.04 Å². The van der Waals surface area contributed by atoms with Crippen LogP contribution in [-0.2, 0) is 6.42 Å². The first kappa shape index (κ1) is 14.4. The van der Waals surface area contributed by atoms with Crippen molar-refractivity contribution in [1.82, 2.24) is 9.55 Å². The second kappa shape index (κ2) is 5.16. The van der Waals surface area contributed by atoms with Crippen molar-refractivity contribution < 1.29 is 0 Å². The van der Waals surface area contributed by atoms with Crippen LogP contribution in [0, 0.1) is 5.41 Å². The maximum absolute atomic E-state index is 12.5. The van der Waals surface area contributed by atoms with Gasteiger partial charge >= 0.3 is 5.69 Å². The quantitative estimate of drug-likeness (QED) is 0.868. The molecule has 0 spiro atoms. The fraction of sp³-hybridized carbons (Fsp3) is 0.714. The highest BCUT2D eigenvalue weighted by molar-refractivity contribution is 6.30. The van der Waals surface area contributed by atoms with E-state index >= 15 is 0 Å². The van der Waals surface area contributed by atoms with Crippen LogP contribution in [-0.4, -0.2) is 9.55 Å². The van der Waals surface area contributed by atoms with Gasteiger partial charge in [-0.25, -0.2) is 4.79 Å². The molecule has 1 aromatic heterocycles. The third-order valence-electron chi connectivity index (χ3n) is 4.19. The first-order chi connectivity index (χ1) is 8.88. The van der Waals surface area contributed by atoms with Gasteiger partial charge in [0.15, 0.2) is 0 Å². The van der Waals surface area contributed by atoms with E-state index in [1.165, 1.54) is 4.57 Å². The summed E-state index contributed by atoms with van der Waals surface area (Å²) in [5.74, 6) is 0. The van der Waals surface area contributed by atoms with Gasteiger partial charge in [0.05, 0.1) is 5.56 Å². The fourth-order valence-electron chi connectivity index (χ4n) is 3.10. The van der Waals surface area contributed by atoms with Crippen molar-refractivity contribution in [3.63, 3.8) is 0 Å². The number of hydrogen-bond donors (Lipinski definition) is 1. The molecule has 1 heterocycles. The van der Waals surface area contributed by atoms with Gasteiger partial charge in [-0.1, -0.05) is 45.2 Å². The zero-order chi connectivity index (χ0) is 14.2. The van der Waals surface area contributed by atoms with Crippen molar-refractivity contribution in [3.05, 3.63) is 31.6 Å². The van der Waals surface area contributed by atoms with Gasteiger partial charge in [0.1, 0.15) is 5.15 Å². The lowest BCUT2D eigenvalue weighted by Gasteiger charge is -2.28. The molecule has 5 heteroatoms. The minimum absolute atomic E-state index is 0.0197. The largest absolute Gasteiger partial charge is 0.329 e. The number of H-pyrrole nitrogens is 1. The predicted molar refractivity (Wildman–Crippen MR) is 77.0 cm³/mol. The molecule has 106 valence electrons. The summed E-state index contributed by atoms with van der Waals surface area (Å²) in [5, 5.41) is 0.198. The van der Waals surface area contributed by atoms with Crippen molar-refractivity contribution >= 4 is 11.6 Å². The van der Waals surface area contributed by atoms with Gasteiger partial charge in [-0.05, 0) is 24.7 Å². The standard InChI is InChI=1S/C14H21ClN2O2/c1-4-6-9-11(15)16-13(19)17(12(9)18)10-7-5-8-14(10,2)3/h10H,4-8H2,1-3H3,(H,16,19). The Labute approximate surface area is 117 Å². The molecule has 2 rings (SSSR count). The van der Waals surface area contributed by atoms with Crippen LogP contribution < -0.4 is 11.2 Å². The van der Waals surface area contributed by atoms with Crippen molar-refractivity contribution in [2.24, 2.45) is 5.41 Å².